The first-order valence-corrected chi connectivity index (χ1v) is 8.80. The molecular weight excluding hydrogens is 276 g/mol. The Bertz CT molecular complexity index is 413. The number of carbonyl (C=O) groups is 1. The summed E-state index contributed by atoms with van der Waals surface area (Å²) in [6.45, 7) is 4.61. The average Bonchev–Trinajstić information content (AvgIpc) is 2.92. The first-order chi connectivity index (χ1) is 10.6. The maximum atomic E-state index is 12.4. The fraction of sp³-hybridized carbons (Fsp3) is 0.882. The Hall–Kier alpha value is -1.12. The Morgan fingerprint density at radius 1 is 1.45 bits per heavy atom. The van der Waals surface area contributed by atoms with Crippen LogP contribution in [0.25, 0.3) is 0 Å². The van der Waals surface area contributed by atoms with E-state index in [0.717, 1.165) is 25.9 Å². The molecule has 1 amide bonds. The highest BCUT2D eigenvalue weighted by Gasteiger charge is 2.40. The van der Waals surface area contributed by atoms with E-state index in [-0.39, 0.29) is 5.91 Å². The lowest BCUT2D eigenvalue weighted by atomic mass is 9.84. The number of amides is 1. The largest absolute Gasteiger partial charge is 0.335 e. The van der Waals surface area contributed by atoms with E-state index < -0.39 is 11.6 Å². The fourth-order valence-electron chi connectivity index (χ4n) is 3.83. The van der Waals surface area contributed by atoms with Crippen molar-refractivity contribution in [1.29, 1.82) is 5.26 Å². The molecule has 0 radical (unpaired) electrons. The van der Waals surface area contributed by atoms with Crippen molar-refractivity contribution in [2.24, 2.45) is 11.7 Å². The van der Waals surface area contributed by atoms with Gasteiger partial charge in [-0.1, -0.05) is 39.0 Å². The molecule has 124 valence electrons. The molecule has 2 rings (SSSR count). The minimum Gasteiger partial charge on any atom is -0.335 e. The molecule has 1 saturated carbocycles. The smallest absolute Gasteiger partial charge is 0.238 e. The highest BCUT2D eigenvalue weighted by Crippen LogP contribution is 2.27. The monoisotopic (exact) mass is 306 g/mol. The number of hydrogen-bond acceptors (Lipinski definition) is 4. The summed E-state index contributed by atoms with van der Waals surface area (Å²) in [6.07, 6.45) is 8.72. The van der Waals surface area contributed by atoms with Gasteiger partial charge in [0.05, 0.1) is 12.1 Å². The SMILES string of the molecule is CCCN1CCC(C#N)(NC(=O)C(N)CC2CCCCC2)C1. The number of hydrogen-bond donors (Lipinski definition) is 2. The van der Waals surface area contributed by atoms with Gasteiger partial charge in [-0.2, -0.15) is 5.26 Å². The Balaban J connectivity index is 1.85. The molecule has 2 unspecified atom stereocenters. The van der Waals surface area contributed by atoms with Gasteiger partial charge in [0.1, 0.15) is 5.54 Å². The maximum absolute atomic E-state index is 12.4. The first kappa shape index (κ1) is 17.2. The van der Waals surface area contributed by atoms with E-state index in [9.17, 15) is 10.1 Å². The quantitative estimate of drug-likeness (QED) is 0.783. The maximum Gasteiger partial charge on any atom is 0.238 e. The van der Waals surface area contributed by atoms with E-state index in [0.29, 0.717) is 18.9 Å². The van der Waals surface area contributed by atoms with Crippen molar-refractivity contribution in [2.75, 3.05) is 19.6 Å². The van der Waals surface area contributed by atoms with Gasteiger partial charge in [-0.05, 0) is 31.7 Å². The van der Waals surface area contributed by atoms with Crippen LogP contribution < -0.4 is 11.1 Å². The van der Waals surface area contributed by atoms with Crippen molar-refractivity contribution in [3.8, 4) is 6.07 Å². The van der Waals surface area contributed by atoms with Crippen molar-refractivity contribution in [3.05, 3.63) is 0 Å². The molecule has 0 aromatic heterocycles. The predicted octanol–water partition coefficient (Wildman–Crippen LogP) is 1.78. The van der Waals surface area contributed by atoms with Gasteiger partial charge in [-0.15, -0.1) is 0 Å². The second-order valence-electron chi connectivity index (χ2n) is 7.06. The lowest BCUT2D eigenvalue weighted by Gasteiger charge is -2.28. The highest BCUT2D eigenvalue weighted by atomic mass is 16.2. The van der Waals surface area contributed by atoms with E-state index in [1.54, 1.807) is 0 Å². The van der Waals surface area contributed by atoms with Crippen LogP contribution >= 0.6 is 0 Å². The van der Waals surface area contributed by atoms with Gasteiger partial charge in [0.25, 0.3) is 0 Å². The second-order valence-corrected chi connectivity index (χ2v) is 7.06. The third kappa shape index (κ3) is 4.44. The predicted molar refractivity (Wildman–Crippen MR) is 87.0 cm³/mol. The summed E-state index contributed by atoms with van der Waals surface area (Å²) in [6, 6.07) is 1.85. The summed E-state index contributed by atoms with van der Waals surface area (Å²) in [5.41, 5.74) is 5.36. The van der Waals surface area contributed by atoms with Gasteiger partial charge in [0, 0.05) is 13.1 Å². The zero-order valence-electron chi connectivity index (χ0n) is 13.8. The van der Waals surface area contributed by atoms with Crippen LogP contribution in [0.5, 0.6) is 0 Å². The molecular formula is C17H30N4O. The van der Waals surface area contributed by atoms with Gasteiger partial charge >= 0.3 is 0 Å². The van der Waals surface area contributed by atoms with Crippen molar-refractivity contribution >= 4 is 5.91 Å². The zero-order chi connectivity index (χ0) is 16.0. The summed E-state index contributed by atoms with van der Waals surface area (Å²) < 4.78 is 0. The van der Waals surface area contributed by atoms with Crippen LogP contribution in [0.2, 0.25) is 0 Å². The Morgan fingerprint density at radius 2 is 2.18 bits per heavy atom. The minimum atomic E-state index is -0.740. The summed E-state index contributed by atoms with van der Waals surface area (Å²) in [7, 11) is 0. The summed E-state index contributed by atoms with van der Waals surface area (Å²) in [5, 5.41) is 12.5. The molecule has 0 aromatic carbocycles. The number of nitrogens with zero attached hydrogens (tertiary/aromatic N) is 2. The zero-order valence-corrected chi connectivity index (χ0v) is 13.8. The normalized spacial score (nSPS) is 28.2. The molecule has 3 N–H and O–H groups in total. The molecule has 5 heteroatoms. The van der Waals surface area contributed by atoms with Crippen LogP contribution in [0.1, 0.15) is 58.3 Å². The number of nitriles is 1. The van der Waals surface area contributed by atoms with Crippen molar-refractivity contribution in [3.63, 3.8) is 0 Å². The van der Waals surface area contributed by atoms with Crippen LogP contribution in [-0.2, 0) is 4.79 Å². The van der Waals surface area contributed by atoms with E-state index >= 15 is 0 Å². The summed E-state index contributed by atoms with van der Waals surface area (Å²) in [4.78, 5) is 14.6. The summed E-state index contributed by atoms with van der Waals surface area (Å²) in [5.74, 6) is 0.429. The van der Waals surface area contributed by atoms with E-state index in [2.05, 4.69) is 23.2 Å². The number of likely N-dealkylation sites (tertiary alicyclic amines) is 1. The van der Waals surface area contributed by atoms with Crippen LogP contribution in [-0.4, -0.2) is 42.0 Å². The van der Waals surface area contributed by atoms with Crippen LogP contribution in [0.4, 0.5) is 0 Å². The molecule has 5 nitrogen and oxygen atoms in total. The molecule has 22 heavy (non-hydrogen) atoms. The van der Waals surface area contributed by atoms with E-state index in [4.69, 9.17) is 5.73 Å². The van der Waals surface area contributed by atoms with Gasteiger partial charge < -0.3 is 11.1 Å². The second kappa shape index (κ2) is 7.94. The number of nitrogens with two attached hydrogens (primary N) is 1. The van der Waals surface area contributed by atoms with Crippen molar-refractivity contribution < 1.29 is 4.79 Å². The summed E-state index contributed by atoms with van der Waals surface area (Å²) >= 11 is 0. The molecule has 0 aromatic rings. The molecule has 1 heterocycles. The van der Waals surface area contributed by atoms with Gasteiger partial charge in [0.15, 0.2) is 0 Å². The van der Waals surface area contributed by atoms with E-state index in [1.165, 1.54) is 32.1 Å². The lowest BCUT2D eigenvalue weighted by Crippen LogP contribution is -2.54. The highest BCUT2D eigenvalue weighted by molar-refractivity contribution is 5.82. The molecule has 0 bridgehead atoms. The third-order valence-corrected chi connectivity index (χ3v) is 5.11. The molecule has 1 aliphatic carbocycles. The number of carbonyl (C=O) groups excluding carboxylic acids is 1. The van der Waals surface area contributed by atoms with Gasteiger partial charge in [0.2, 0.25) is 5.91 Å². The number of rotatable bonds is 6. The van der Waals surface area contributed by atoms with E-state index in [1.807, 2.05) is 0 Å². The standard InChI is InChI=1S/C17H30N4O/c1-2-9-21-10-8-17(12-18,13-21)20-16(22)15(19)11-14-6-4-3-5-7-14/h14-15H,2-11,13,19H2,1H3,(H,20,22). The minimum absolute atomic E-state index is 0.148. The van der Waals surface area contributed by atoms with Gasteiger partial charge in [-0.25, -0.2) is 0 Å². The fourth-order valence-corrected chi connectivity index (χ4v) is 3.83. The molecule has 2 aliphatic rings. The third-order valence-electron chi connectivity index (χ3n) is 5.11. The molecule has 1 saturated heterocycles. The number of nitrogens with one attached hydrogen (secondary N) is 1. The van der Waals surface area contributed by atoms with Crippen LogP contribution in [0.3, 0.4) is 0 Å². The van der Waals surface area contributed by atoms with Crippen molar-refractivity contribution in [2.45, 2.75) is 69.9 Å². The Labute approximate surface area is 134 Å². The van der Waals surface area contributed by atoms with Gasteiger partial charge in [-0.3, -0.25) is 9.69 Å². The molecule has 1 aliphatic heterocycles. The van der Waals surface area contributed by atoms with Crippen LogP contribution in [0.15, 0.2) is 0 Å². The molecule has 2 atom stereocenters. The van der Waals surface area contributed by atoms with Crippen LogP contribution in [0, 0.1) is 17.2 Å². The Kier molecular flexibility index (Phi) is 6.22. The lowest BCUT2D eigenvalue weighted by molar-refractivity contribution is -0.124. The molecule has 0 spiro atoms. The Morgan fingerprint density at radius 3 is 2.82 bits per heavy atom. The first-order valence-electron chi connectivity index (χ1n) is 8.80. The van der Waals surface area contributed by atoms with Crippen molar-refractivity contribution in [1.82, 2.24) is 10.2 Å². The average molecular weight is 306 g/mol. The molecule has 2 fully saturated rings. The topological polar surface area (TPSA) is 82.2 Å².